The van der Waals surface area contributed by atoms with E-state index < -0.39 is 0 Å². The molecular weight excluding hydrogens is 246 g/mol. The van der Waals surface area contributed by atoms with Crippen LogP contribution in [0.25, 0.3) is 10.2 Å². The molecule has 0 radical (unpaired) electrons. The van der Waals surface area contributed by atoms with Gasteiger partial charge in [-0.2, -0.15) is 0 Å². The lowest BCUT2D eigenvalue weighted by Gasteiger charge is -2.20. The molecule has 0 saturated heterocycles. The first-order chi connectivity index (χ1) is 8.33. The van der Waals surface area contributed by atoms with Crippen LogP contribution in [-0.2, 0) is 11.2 Å². The van der Waals surface area contributed by atoms with E-state index in [1.54, 1.807) is 0 Å². The summed E-state index contributed by atoms with van der Waals surface area (Å²) in [6.45, 7) is 5.91. The van der Waals surface area contributed by atoms with Crippen LogP contribution in [0.15, 0.2) is 18.2 Å². The summed E-state index contributed by atoms with van der Waals surface area (Å²) in [6, 6.07) is 5.80. The maximum Gasteiger partial charge on any atom is 0.224 e. The molecule has 1 aromatic heterocycles. The van der Waals surface area contributed by atoms with Crippen molar-refractivity contribution in [3.63, 3.8) is 0 Å². The minimum atomic E-state index is -0.198. The molecule has 96 valence electrons. The quantitative estimate of drug-likeness (QED) is 0.873. The van der Waals surface area contributed by atoms with Gasteiger partial charge >= 0.3 is 0 Å². The highest BCUT2D eigenvalue weighted by Gasteiger charge is 2.14. The Bertz CT molecular complexity index is 583. The fraction of sp³-hybridized carbons (Fsp3) is 0.385. The third-order valence-corrected chi connectivity index (χ3v) is 3.20. The van der Waals surface area contributed by atoms with Gasteiger partial charge in [-0.1, -0.05) is 17.4 Å². The van der Waals surface area contributed by atoms with Crippen molar-refractivity contribution in [2.75, 3.05) is 5.73 Å². The number of nitrogens with zero attached hydrogens (tertiary/aromatic N) is 1. The van der Waals surface area contributed by atoms with Crippen LogP contribution in [0.1, 0.15) is 26.3 Å². The minimum Gasteiger partial charge on any atom is -0.375 e. The number of amides is 1. The Labute approximate surface area is 110 Å². The van der Waals surface area contributed by atoms with Crippen molar-refractivity contribution in [3.05, 3.63) is 23.8 Å². The predicted molar refractivity (Wildman–Crippen MR) is 75.6 cm³/mol. The molecule has 18 heavy (non-hydrogen) atoms. The van der Waals surface area contributed by atoms with E-state index in [0.29, 0.717) is 11.6 Å². The maximum absolute atomic E-state index is 11.8. The number of carbonyl (C=O) groups excluding carboxylic acids is 1. The molecule has 3 N–H and O–H groups in total. The van der Waals surface area contributed by atoms with Gasteiger partial charge in [0.05, 0.1) is 16.6 Å². The summed E-state index contributed by atoms with van der Waals surface area (Å²) in [5.74, 6) is 0.0272. The van der Waals surface area contributed by atoms with Gasteiger partial charge in [0.15, 0.2) is 5.13 Å². The number of nitrogen functional groups attached to an aromatic ring is 1. The highest BCUT2D eigenvalue weighted by atomic mass is 32.1. The Morgan fingerprint density at radius 1 is 1.44 bits per heavy atom. The Morgan fingerprint density at radius 2 is 2.17 bits per heavy atom. The van der Waals surface area contributed by atoms with Crippen LogP contribution in [0.4, 0.5) is 5.13 Å². The molecular formula is C13H17N3OS. The smallest absolute Gasteiger partial charge is 0.224 e. The first-order valence-electron chi connectivity index (χ1n) is 5.79. The molecule has 0 spiro atoms. The van der Waals surface area contributed by atoms with E-state index >= 15 is 0 Å². The van der Waals surface area contributed by atoms with Gasteiger partial charge in [0.1, 0.15) is 0 Å². The number of fused-ring (bicyclic) bond motifs is 1. The number of benzene rings is 1. The average Bonchev–Trinajstić information content (AvgIpc) is 2.53. The van der Waals surface area contributed by atoms with Crippen LogP contribution in [0.3, 0.4) is 0 Å². The van der Waals surface area contributed by atoms with Gasteiger partial charge in [0, 0.05) is 5.54 Å². The number of hydrogen-bond acceptors (Lipinski definition) is 4. The summed E-state index contributed by atoms with van der Waals surface area (Å²) < 4.78 is 1.02. The minimum absolute atomic E-state index is 0.0272. The molecule has 1 heterocycles. The number of carbonyl (C=O) groups is 1. The number of nitrogens with two attached hydrogens (primary N) is 1. The van der Waals surface area contributed by atoms with Gasteiger partial charge in [-0.25, -0.2) is 4.98 Å². The average molecular weight is 263 g/mol. The summed E-state index contributed by atoms with van der Waals surface area (Å²) in [7, 11) is 0. The van der Waals surface area contributed by atoms with Crippen molar-refractivity contribution in [2.24, 2.45) is 0 Å². The van der Waals surface area contributed by atoms with Gasteiger partial charge < -0.3 is 11.1 Å². The number of anilines is 1. The Balaban J connectivity index is 2.14. The summed E-state index contributed by atoms with van der Waals surface area (Å²) in [4.78, 5) is 16.0. The second kappa shape index (κ2) is 4.57. The zero-order chi connectivity index (χ0) is 13.3. The first kappa shape index (κ1) is 12.8. The molecule has 0 aliphatic carbocycles. The number of aromatic nitrogens is 1. The lowest BCUT2D eigenvalue weighted by molar-refractivity contribution is -0.121. The second-order valence-corrected chi connectivity index (χ2v) is 6.39. The van der Waals surface area contributed by atoms with Gasteiger partial charge in [-0.3, -0.25) is 4.79 Å². The van der Waals surface area contributed by atoms with Gasteiger partial charge in [-0.15, -0.1) is 0 Å². The number of nitrogens with one attached hydrogen (secondary N) is 1. The van der Waals surface area contributed by atoms with Crippen LogP contribution in [0, 0.1) is 0 Å². The largest absolute Gasteiger partial charge is 0.375 e. The van der Waals surface area contributed by atoms with Crippen LogP contribution in [0.5, 0.6) is 0 Å². The van der Waals surface area contributed by atoms with Crippen LogP contribution < -0.4 is 11.1 Å². The molecule has 0 saturated carbocycles. The standard InChI is InChI=1S/C13H17N3OS/c1-13(2,3)16-11(17)7-8-4-5-9-10(6-8)18-12(14)15-9/h4-6H,7H2,1-3H3,(H2,14,15)(H,16,17). The van der Waals surface area contributed by atoms with E-state index in [9.17, 15) is 4.79 Å². The fourth-order valence-electron chi connectivity index (χ4n) is 1.74. The van der Waals surface area contributed by atoms with Gasteiger partial charge in [0.2, 0.25) is 5.91 Å². The van der Waals surface area contributed by atoms with Crippen LogP contribution in [0.2, 0.25) is 0 Å². The molecule has 0 aliphatic heterocycles. The highest BCUT2D eigenvalue weighted by Crippen LogP contribution is 2.24. The molecule has 0 bridgehead atoms. The van der Waals surface area contributed by atoms with Gasteiger partial charge in [0.25, 0.3) is 0 Å². The zero-order valence-corrected chi connectivity index (χ0v) is 11.6. The third-order valence-electron chi connectivity index (χ3n) is 2.35. The zero-order valence-electron chi connectivity index (χ0n) is 10.8. The summed E-state index contributed by atoms with van der Waals surface area (Å²) in [5.41, 5.74) is 7.32. The van der Waals surface area contributed by atoms with Crippen LogP contribution >= 0.6 is 11.3 Å². The molecule has 1 aromatic carbocycles. The number of thiazole rings is 1. The lowest BCUT2D eigenvalue weighted by atomic mass is 10.1. The topological polar surface area (TPSA) is 68.0 Å². The Kier molecular flexibility index (Phi) is 3.26. The Morgan fingerprint density at radius 3 is 2.83 bits per heavy atom. The van der Waals surface area contributed by atoms with Gasteiger partial charge in [-0.05, 0) is 38.5 Å². The number of hydrogen-bond donors (Lipinski definition) is 2. The molecule has 1 amide bonds. The summed E-state index contributed by atoms with van der Waals surface area (Å²) in [6.07, 6.45) is 0.380. The van der Waals surface area contributed by atoms with Crippen molar-refractivity contribution in [2.45, 2.75) is 32.7 Å². The van der Waals surface area contributed by atoms with Crippen molar-refractivity contribution < 1.29 is 4.79 Å². The SMILES string of the molecule is CC(C)(C)NC(=O)Cc1ccc2nc(N)sc2c1. The molecule has 2 rings (SSSR count). The molecule has 4 nitrogen and oxygen atoms in total. The summed E-state index contributed by atoms with van der Waals surface area (Å²) >= 11 is 1.44. The molecule has 0 unspecified atom stereocenters. The normalized spacial score (nSPS) is 11.7. The van der Waals surface area contributed by atoms with E-state index in [-0.39, 0.29) is 11.4 Å². The van der Waals surface area contributed by atoms with E-state index in [2.05, 4.69) is 10.3 Å². The second-order valence-electron chi connectivity index (χ2n) is 5.33. The van der Waals surface area contributed by atoms with Crippen LogP contribution in [-0.4, -0.2) is 16.4 Å². The van der Waals surface area contributed by atoms with Crippen molar-refractivity contribution in [1.82, 2.24) is 10.3 Å². The molecule has 0 fully saturated rings. The molecule has 2 aromatic rings. The Hall–Kier alpha value is -1.62. The number of rotatable bonds is 2. The van der Waals surface area contributed by atoms with E-state index in [4.69, 9.17) is 5.73 Å². The van der Waals surface area contributed by atoms with E-state index in [0.717, 1.165) is 15.8 Å². The highest BCUT2D eigenvalue weighted by molar-refractivity contribution is 7.22. The van der Waals surface area contributed by atoms with E-state index in [1.165, 1.54) is 11.3 Å². The fourth-order valence-corrected chi connectivity index (χ4v) is 2.54. The monoisotopic (exact) mass is 263 g/mol. The van der Waals surface area contributed by atoms with Crippen molar-refractivity contribution in [1.29, 1.82) is 0 Å². The van der Waals surface area contributed by atoms with Crippen molar-refractivity contribution in [3.8, 4) is 0 Å². The maximum atomic E-state index is 11.8. The molecule has 5 heteroatoms. The van der Waals surface area contributed by atoms with E-state index in [1.807, 2.05) is 39.0 Å². The first-order valence-corrected chi connectivity index (χ1v) is 6.61. The van der Waals surface area contributed by atoms with Crippen molar-refractivity contribution >= 4 is 32.6 Å². The lowest BCUT2D eigenvalue weighted by Crippen LogP contribution is -2.41. The molecule has 0 aliphatic rings. The summed E-state index contributed by atoms with van der Waals surface area (Å²) in [5, 5.41) is 3.50. The predicted octanol–water partition coefficient (Wildman–Crippen LogP) is 2.34. The molecule has 0 atom stereocenters. The third kappa shape index (κ3) is 3.20.